The smallest absolute Gasteiger partial charge is 0.337 e. The van der Waals surface area contributed by atoms with Crippen molar-refractivity contribution < 1.29 is 9.90 Å². The molecule has 1 aromatic rings. The Labute approximate surface area is 96.1 Å². The Morgan fingerprint density at radius 1 is 1.50 bits per heavy atom. The Morgan fingerprint density at radius 3 is 2.50 bits per heavy atom. The van der Waals surface area contributed by atoms with Gasteiger partial charge in [0.25, 0.3) is 0 Å². The number of hydrogen-bond donors (Lipinski definition) is 1. The van der Waals surface area contributed by atoms with Gasteiger partial charge < -0.3 is 9.67 Å². The molecule has 0 radical (unpaired) electrons. The van der Waals surface area contributed by atoms with E-state index in [1.54, 1.807) is 6.07 Å². The normalized spacial score (nSPS) is 18.2. The fourth-order valence-corrected chi connectivity index (χ4v) is 2.58. The minimum absolute atomic E-state index is 0.379. The van der Waals surface area contributed by atoms with E-state index in [1.807, 2.05) is 13.8 Å². The van der Waals surface area contributed by atoms with E-state index >= 15 is 0 Å². The molecule has 0 atom stereocenters. The van der Waals surface area contributed by atoms with Crippen LogP contribution in [0.15, 0.2) is 6.07 Å². The van der Waals surface area contributed by atoms with E-state index in [2.05, 4.69) is 11.5 Å². The Kier molecular flexibility index (Phi) is 2.56. The monoisotopic (exact) mass is 221 g/mol. The number of aromatic nitrogens is 1. The quantitative estimate of drug-likeness (QED) is 0.852. The summed E-state index contributed by atoms with van der Waals surface area (Å²) >= 11 is 0. The van der Waals surface area contributed by atoms with Gasteiger partial charge in [0.1, 0.15) is 0 Å². The zero-order valence-corrected chi connectivity index (χ0v) is 10.2. The van der Waals surface area contributed by atoms with Gasteiger partial charge in [-0.1, -0.05) is 13.3 Å². The minimum atomic E-state index is -0.821. The maximum absolute atomic E-state index is 11.0. The van der Waals surface area contributed by atoms with Crippen LogP contribution < -0.4 is 0 Å². The molecule has 1 N–H and O–H groups in total. The Balaban J connectivity index is 2.30. The molecular weight excluding hydrogens is 202 g/mol. The first kappa shape index (κ1) is 11.2. The van der Waals surface area contributed by atoms with Gasteiger partial charge in [-0.3, -0.25) is 0 Å². The van der Waals surface area contributed by atoms with Crippen LogP contribution in [0.1, 0.15) is 47.9 Å². The van der Waals surface area contributed by atoms with Gasteiger partial charge in [0.05, 0.1) is 5.56 Å². The van der Waals surface area contributed by atoms with Crippen molar-refractivity contribution in [2.24, 2.45) is 5.41 Å². The first-order valence-corrected chi connectivity index (χ1v) is 5.83. The molecule has 0 amide bonds. The number of aryl methyl sites for hydroxylation is 1. The Hall–Kier alpha value is -1.25. The zero-order chi connectivity index (χ0) is 11.9. The molecule has 0 bridgehead atoms. The summed E-state index contributed by atoms with van der Waals surface area (Å²) in [5.41, 5.74) is 2.77. The van der Waals surface area contributed by atoms with Crippen LogP contribution in [0.2, 0.25) is 0 Å². The summed E-state index contributed by atoms with van der Waals surface area (Å²) in [6.45, 7) is 7.13. The first-order chi connectivity index (χ1) is 7.43. The predicted molar refractivity (Wildman–Crippen MR) is 62.8 cm³/mol. The Morgan fingerprint density at radius 2 is 2.12 bits per heavy atom. The third-order valence-electron chi connectivity index (χ3n) is 3.90. The number of carboxylic acids is 1. The van der Waals surface area contributed by atoms with Gasteiger partial charge in [0.15, 0.2) is 0 Å². The molecule has 3 heteroatoms. The number of rotatable bonds is 3. The van der Waals surface area contributed by atoms with Gasteiger partial charge in [-0.25, -0.2) is 4.79 Å². The number of aromatic carboxylic acids is 1. The highest BCUT2D eigenvalue weighted by molar-refractivity contribution is 5.89. The first-order valence-electron chi connectivity index (χ1n) is 5.83. The maximum atomic E-state index is 11.0. The van der Waals surface area contributed by atoms with E-state index in [4.69, 9.17) is 5.11 Å². The van der Waals surface area contributed by atoms with Crippen molar-refractivity contribution in [3.8, 4) is 0 Å². The molecule has 0 spiro atoms. The lowest BCUT2D eigenvalue weighted by Gasteiger charge is -2.39. The molecule has 0 aromatic carbocycles. The van der Waals surface area contributed by atoms with Crippen LogP contribution in [0, 0.1) is 19.3 Å². The molecule has 1 aliphatic carbocycles. The highest BCUT2D eigenvalue weighted by atomic mass is 16.4. The van der Waals surface area contributed by atoms with Crippen molar-refractivity contribution in [1.29, 1.82) is 0 Å². The molecular formula is C13H19NO2. The fourth-order valence-electron chi connectivity index (χ4n) is 2.58. The summed E-state index contributed by atoms with van der Waals surface area (Å²) in [5, 5.41) is 9.06. The van der Waals surface area contributed by atoms with Crippen LogP contribution in [-0.2, 0) is 6.54 Å². The van der Waals surface area contributed by atoms with Crippen molar-refractivity contribution in [2.45, 2.75) is 46.6 Å². The lowest BCUT2D eigenvalue weighted by Crippen LogP contribution is -2.31. The summed E-state index contributed by atoms with van der Waals surface area (Å²) in [4.78, 5) is 11.0. The predicted octanol–water partition coefficient (Wildman–Crippen LogP) is 2.99. The second-order valence-corrected chi connectivity index (χ2v) is 5.34. The van der Waals surface area contributed by atoms with Gasteiger partial charge in [0.2, 0.25) is 0 Å². The summed E-state index contributed by atoms with van der Waals surface area (Å²) in [6, 6.07) is 1.78. The van der Waals surface area contributed by atoms with Crippen molar-refractivity contribution in [2.75, 3.05) is 0 Å². The number of carboxylic acid groups (broad SMARTS) is 1. The van der Waals surface area contributed by atoms with Crippen LogP contribution >= 0.6 is 0 Å². The van der Waals surface area contributed by atoms with Crippen LogP contribution in [0.3, 0.4) is 0 Å². The van der Waals surface area contributed by atoms with Gasteiger partial charge in [-0.05, 0) is 38.2 Å². The summed E-state index contributed by atoms with van der Waals surface area (Å²) in [5.74, 6) is -0.821. The molecule has 88 valence electrons. The molecule has 0 aliphatic heterocycles. The molecule has 16 heavy (non-hydrogen) atoms. The topological polar surface area (TPSA) is 42.2 Å². The SMILES string of the molecule is Cc1cc(C(=O)O)c(C)n1CC1(C)CCC1. The maximum Gasteiger partial charge on any atom is 0.337 e. The van der Waals surface area contributed by atoms with Crippen LogP contribution in [0.4, 0.5) is 0 Å². The highest BCUT2D eigenvalue weighted by Crippen LogP contribution is 2.42. The molecule has 1 fully saturated rings. The van der Waals surface area contributed by atoms with E-state index in [0.717, 1.165) is 17.9 Å². The van der Waals surface area contributed by atoms with E-state index in [0.29, 0.717) is 11.0 Å². The van der Waals surface area contributed by atoms with Gasteiger partial charge in [-0.15, -0.1) is 0 Å². The minimum Gasteiger partial charge on any atom is -0.478 e. The molecule has 1 heterocycles. The van der Waals surface area contributed by atoms with Crippen molar-refractivity contribution >= 4 is 5.97 Å². The van der Waals surface area contributed by atoms with Crippen molar-refractivity contribution in [1.82, 2.24) is 4.57 Å². The molecule has 1 saturated carbocycles. The van der Waals surface area contributed by atoms with Crippen molar-refractivity contribution in [3.63, 3.8) is 0 Å². The van der Waals surface area contributed by atoms with Crippen LogP contribution in [0.25, 0.3) is 0 Å². The third-order valence-corrected chi connectivity index (χ3v) is 3.90. The van der Waals surface area contributed by atoms with Crippen LogP contribution in [0.5, 0.6) is 0 Å². The number of hydrogen-bond acceptors (Lipinski definition) is 1. The largest absolute Gasteiger partial charge is 0.478 e. The second kappa shape index (κ2) is 3.65. The van der Waals surface area contributed by atoms with E-state index in [-0.39, 0.29) is 0 Å². The zero-order valence-electron chi connectivity index (χ0n) is 10.2. The standard InChI is InChI=1S/C13H19NO2/c1-9-7-11(12(15)16)10(2)14(9)8-13(3)5-4-6-13/h7H,4-6,8H2,1-3H3,(H,15,16). The third kappa shape index (κ3) is 1.75. The molecule has 1 aliphatic rings. The average molecular weight is 221 g/mol. The molecule has 1 aromatic heterocycles. The number of carbonyl (C=O) groups is 1. The summed E-state index contributed by atoms with van der Waals surface area (Å²) in [6.07, 6.45) is 3.82. The van der Waals surface area contributed by atoms with Gasteiger partial charge in [-0.2, -0.15) is 0 Å². The van der Waals surface area contributed by atoms with E-state index in [9.17, 15) is 4.79 Å². The van der Waals surface area contributed by atoms with E-state index in [1.165, 1.54) is 19.3 Å². The van der Waals surface area contributed by atoms with E-state index < -0.39 is 5.97 Å². The lowest BCUT2D eigenvalue weighted by atomic mass is 9.70. The molecule has 0 saturated heterocycles. The average Bonchev–Trinajstić information content (AvgIpc) is 2.43. The summed E-state index contributed by atoms with van der Waals surface area (Å²) < 4.78 is 2.16. The van der Waals surface area contributed by atoms with Gasteiger partial charge >= 0.3 is 5.97 Å². The Bertz CT molecular complexity index is 427. The highest BCUT2D eigenvalue weighted by Gasteiger charge is 2.33. The van der Waals surface area contributed by atoms with Gasteiger partial charge in [0, 0.05) is 17.9 Å². The van der Waals surface area contributed by atoms with Crippen molar-refractivity contribution in [3.05, 3.63) is 23.0 Å². The molecule has 3 nitrogen and oxygen atoms in total. The fraction of sp³-hybridized carbons (Fsp3) is 0.615. The molecule has 0 unspecified atom stereocenters. The second-order valence-electron chi connectivity index (χ2n) is 5.34. The number of nitrogens with zero attached hydrogens (tertiary/aromatic N) is 1. The molecule has 2 rings (SSSR count). The lowest BCUT2D eigenvalue weighted by molar-refractivity contribution is 0.0695. The summed E-state index contributed by atoms with van der Waals surface area (Å²) in [7, 11) is 0. The van der Waals surface area contributed by atoms with Crippen LogP contribution in [-0.4, -0.2) is 15.6 Å².